The van der Waals surface area contributed by atoms with Crippen LogP contribution in [0, 0.1) is 0 Å². The van der Waals surface area contributed by atoms with Crippen molar-refractivity contribution in [2.75, 3.05) is 13.2 Å². The molecule has 0 radical (unpaired) electrons. The molecule has 98 valence electrons. The van der Waals surface area contributed by atoms with Crippen LogP contribution >= 0.6 is 15.9 Å². The topological polar surface area (TPSA) is 44.8 Å². The van der Waals surface area contributed by atoms with Gasteiger partial charge >= 0.3 is 5.97 Å². The van der Waals surface area contributed by atoms with Crippen molar-refractivity contribution >= 4 is 21.9 Å². The molecule has 1 aromatic carbocycles. The summed E-state index contributed by atoms with van der Waals surface area (Å²) in [5.41, 5.74) is 1.03. The molecule has 1 fully saturated rings. The molecule has 0 saturated carbocycles. The van der Waals surface area contributed by atoms with Crippen molar-refractivity contribution in [3.63, 3.8) is 0 Å². The molecular weight excluding hydrogens is 300 g/mol. The summed E-state index contributed by atoms with van der Waals surface area (Å²) in [5.74, 6) is -0.296. The van der Waals surface area contributed by atoms with Crippen LogP contribution in [0.1, 0.15) is 25.0 Å². The lowest BCUT2D eigenvalue weighted by Gasteiger charge is -2.12. The van der Waals surface area contributed by atoms with Gasteiger partial charge < -0.3 is 14.2 Å². The molecule has 0 bridgehead atoms. The van der Waals surface area contributed by atoms with Crippen LogP contribution in [0.2, 0.25) is 0 Å². The molecule has 1 aliphatic heterocycles. The fourth-order valence-electron chi connectivity index (χ4n) is 1.82. The summed E-state index contributed by atoms with van der Waals surface area (Å²) < 4.78 is 17.0. The van der Waals surface area contributed by atoms with Crippen molar-refractivity contribution < 1.29 is 19.0 Å². The molecule has 0 N–H and O–H groups in total. The average Bonchev–Trinajstić information content (AvgIpc) is 2.78. The maximum atomic E-state index is 11.3. The maximum Gasteiger partial charge on any atom is 0.310 e. The zero-order chi connectivity index (χ0) is 13.0. The first-order valence-electron chi connectivity index (χ1n) is 5.87. The summed E-state index contributed by atoms with van der Waals surface area (Å²) in [6.07, 6.45) is -0.518. The van der Waals surface area contributed by atoms with Gasteiger partial charge in [0, 0.05) is 4.47 Å². The monoisotopic (exact) mass is 314 g/mol. The summed E-state index contributed by atoms with van der Waals surface area (Å²) in [5, 5.41) is 0. The van der Waals surface area contributed by atoms with Gasteiger partial charge in [-0.05, 0) is 18.6 Å². The number of carbonyl (C=O) groups is 1. The molecule has 1 aromatic rings. The molecule has 1 aliphatic rings. The number of benzene rings is 1. The van der Waals surface area contributed by atoms with Gasteiger partial charge in [-0.1, -0.05) is 34.1 Å². The fraction of sp³-hybridized carbons (Fsp3) is 0.462. The Morgan fingerprint density at radius 2 is 2.28 bits per heavy atom. The zero-order valence-electron chi connectivity index (χ0n) is 10.1. The third kappa shape index (κ3) is 3.31. The lowest BCUT2D eigenvalue weighted by molar-refractivity contribution is -0.152. The van der Waals surface area contributed by atoms with E-state index in [-0.39, 0.29) is 18.5 Å². The van der Waals surface area contributed by atoms with Crippen LogP contribution in [0.3, 0.4) is 0 Å². The van der Waals surface area contributed by atoms with E-state index in [4.69, 9.17) is 14.2 Å². The summed E-state index contributed by atoms with van der Waals surface area (Å²) in [6, 6.07) is 7.82. The number of hydrogen-bond donors (Lipinski definition) is 0. The lowest BCUT2D eigenvalue weighted by Crippen LogP contribution is -2.16. The van der Waals surface area contributed by atoms with E-state index in [2.05, 4.69) is 15.9 Å². The number of carbonyl (C=O) groups excluding carboxylic acids is 1. The second-order valence-electron chi connectivity index (χ2n) is 3.92. The predicted octanol–water partition coefficient (Wildman–Crippen LogP) is 2.82. The normalized spacial score (nSPS) is 23.0. The minimum Gasteiger partial charge on any atom is -0.466 e. The molecule has 0 aliphatic carbocycles. The van der Waals surface area contributed by atoms with Gasteiger partial charge in [-0.2, -0.15) is 0 Å². The fourth-order valence-corrected chi connectivity index (χ4v) is 2.36. The highest BCUT2D eigenvalue weighted by atomic mass is 79.9. The van der Waals surface area contributed by atoms with Gasteiger partial charge in [-0.25, -0.2) is 0 Å². The van der Waals surface area contributed by atoms with E-state index in [0.717, 1.165) is 10.0 Å². The number of rotatable bonds is 4. The summed E-state index contributed by atoms with van der Waals surface area (Å²) in [6.45, 7) is 2.60. The molecule has 2 atom stereocenters. The van der Waals surface area contributed by atoms with Crippen molar-refractivity contribution in [1.29, 1.82) is 0 Å². The smallest absolute Gasteiger partial charge is 0.310 e. The number of halogens is 1. The first-order valence-corrected chi connectivity index (χ1v) is 6.67. The van der Waals surface area contributed by atoms with E-state index >= 15 is 0 Å². The summed E-state index contributed by atoms with van der Waals surface area (Å²) in [7, 11) is 0. The van der Waals surface area contributed by atoms with Crippen LogP contribution in [0.5, 0.6) is 0 Å². The third-order valence-corrected chi connectivity index (χ3v) is 3.36. The van der Waals surface area contributed by atoms with E-state index in [1.807, 2.05) is 24.3 Å². The molecule has 1 saturated heterocycles. The van der Waals surface area contributed by atoms with Crippen molar-refractivity contribution in [2.45, 2.75) is 25.7 Å². The minimum absolute atomic E-state index is 0.134. The van der Waals surface area contributed by atoms with E-state index in [1.165, 1.54) is 0 Å². The Balaban J connectivity index is 1.92. The van der Waals surface area contributed by atoms with Crippen molar-refractivity contribution in [1.82, 2.24) is 0 Å². The highest BCUT2D eigenvalue weighted by Crippen LogP contribution is 2.32. The Morgan fingerprint density at radius 3 is 3.00 bits per heavy atom. The number of hydrogen-bond acceptors (Lipinski definition) is 4. The first kappa shape index (κ1) is 13.5. The van der Waals surface area contributed by atoms with E-state index in [1.54, 1.807) is 6.92 Å². The van der Waals surface area contributed by atoms with Crippen LogP contribution in [-0.2, 0) is 19.0 Å². The maximum absolute atomic E-state index is 11.3. The molecular formula is C13H15BrO4. The van der Waals surface area contributed by atoms with Crippen LogP contribution < -0.4 is 0 Å². The molecule has 2 unspecified atom stereocenters. The highest BCUT2D eigenvalue weighted by Gasteiger charge is 2.30. The lowest BCUT2D eigenvalue weighted by atomic mass is 10.1. The van der Waals surface area contributed by atoms with Gasteiger partial charge in [-0.3, -0.25) is 4.79 Å². The second-order valence-corrected chi connectivity index (χ2v) is 4.77. The molecule has 4 nitrogen and oxygen atoms in total. The summed E-state index contributed by atoms with van der Waals surface area (Å²) in [4.78, 5) is 11.3. The van der Waals surface area contributed by atoms with Gasteiger partial charge in [0.25, 0.3) is 0 Å². The zero-order valence-corrected chi connectivity index (χ0v) is 11.7. The van der Waals surface area contributed by atoms with Gasteiger partial charge in [0.15, 0.2) is 6.29 Å². The second kappa shape index (κ2) is 6.31. The Bertz CT molecular complexity index is 421. The Morgan fingerprint density at radius 1 is 1.50 bits per heavy atom. The molecule has 5 heteroatoms. The molecule has 0 spiro atoms. The van der Waals surface area contributed by atoms with Crippen LogP contribution in [-0.4, -0.2) is 25.5 Å². The van der Waals surface area contributed by atoms with Crippen LogP contribution in [0.25, 0.3) is 0 Å². The van der Waals surface area contributed by atoms with Crippen molar-refractivity contribution in [3.05, 3.63) is 34.3 Å². The third-order valence-electron chi connectivity index (χ3n) is 2.64. The van der Waals surface area contributed by atoms with Gasteiger partial charge in [0.1, 0.15) is 6.10 Å². The average molecular weight is 315 g/mol. The van der Waals surface area contributed by atoms with E-state index < -0.39 is 6.29 Å². The summed E-state index contributed by atoms with van der Waals surface area (Å²) >= 11 is 3.47. The highest BCUT2D eigenvalue weighted by molar-refractivity contribution is 9.10. The Kier molecular flexibility index (Phi) is 4.74. The van der Waals surface area contributed by atoms with Crippen LogP contribution in [0.15, 0.2) is 28.7 Å². The van der Waals surface area contributed by atoms with Crippen molar-refractivity contribution in [3.8, 4) is 0 Å². The van der Waals surface area contributed by atoms with Gasteiger partial charge in [0.2, 0.25) is 0 Å². The molecule has 2 rings (SSSR count). The largest absolute Gasteiger partial charge is 0.466 e. The van der Waals surface area contributed by atoms with E-state index in [9.17, 15) is 4.79 Å². The minimum atomic E-state index is -0.513. The Labute approximate surface area is 114 Å². The Hall–Kier alpha value is -0.910. The van der Waals surface area contributed by atoms with Crippen LogP contribution in [0.4, 0.5) is 0 Å². The van der Waals surface area contributed by atoms with Gasteiger partial charge in [0.05, 0.1) is 19.6 Å². The van der Waals surface area contributed by atoms with Crippen molar-refractivity contribution in [2.24, 2.45) is 0 Å². The quantitative estimate of drug-likeness (QED) is 0.802. The number of esters is 1. The molecule has 18 heavy (non-hydrogen) atoms. The first-order chi connectivity index (χ1) is 8.70. The van der Waals surface area contributed by atoms with E-state index in [0.29, 0.717) is 13.2 Å². The standard InChI is InChI=1S/C13H15BrO4/c1-2-16-12(15)7-13-17-8-11(18-13)9-5-3-4-6-10(9)14/h3-6,11,13H,2,7-8H2,1H3. The predicted molar refractivity (Wildman–Crippen MR) is 69.0 cm³/mol. The molecule has 0 aromatic heterocycles. The molecule has 1 heterocycles. The van der Waals surface area contributed by atoms with Gasteiger partial charge in [-0.15, -0.1) is 0 Å². The SMILES string of the molecule is CCOC(=O)CC1OCC(c2ccccc2Br)O1. The molecule has 0 amide bonds. The number of ether oxygens (including phenoxy) is 3.